The van der Waals surface area contributed by atoms with E-state index >= 15 is 0 Å². The predicted molar refractivity (Wildman–Crippen MR) is 72.6 cm³/mol. The van der Waals surface area contributed by atoms with Crippen LogP contribution in [0, 0.1) is 0 Å². The van der Waals surface area contributed by atoms with Crippen molar-refractivity contribution in [1.82, 2.24) is 4.98 Å². The van der Waals surface area contributed by atoms with Gasteiger partial charge in [0.05, 0.1) is 7.11 Å². The van der Waals surface area contributed by atoms with Gasteiger partial charge >= 0.3 is 0 Å². The van der Waals surface area contributed by atoms with E-state index in [9.17, 15) is 4.79 Å². The Morgan fingerprint density at radius 1 is 1.26 bits per heavy atom. The molecule has 0 fully saturated rings. The van der Waals surface area contributed by atoms with Gasteiger partial charge in [-0.05, 0) is 30.2 Å². The van der Waals surface area contributed by atoms with Gasteiger partial charge in [-0.15, -0.1) is 0 Å². The van der Waals surface area contributed by atoms with Crippen LogP contribution in [-0.2, 0) is 6.42 Å². The number of carbonyl (C=O) groups excluding carboxylic acids is 1. The summed E-state index contributed by atoms with van der Waals surface area (Å²) < 4.78 is 5.16. The molecule has 19 heavy (non-hydrogen) atoms. The van der Waals surface area contributed by atoms with Crippen molar-refractivity contribution in [3.8, 4) is 5.88 Å². The first-order valence-electron chi connectivity index (χ1n) is 6.20. The van der Waals surface area contributed by atoms with Crippen LogP contribution in [0.15, 0.2) is 42.6 Å². The number of nitrogens with zero attached hydrogens (tertiary/aromatic N) is 2. The van der Waals surface area contributed by atoms with Crippen molar-refractivity contribution in [2.45, 2.75) is 6.42 Å². The SMILES string of the molecule is COc1ncccc1C(=O)N1CCc2ccccc21. The van der Waals surface area contributed by atoms with Gasteiger partial charge in [0.25, 0.3) is 5.91 Å². The smallest absolute Gasteiger partial charge is 0.263 e. The lowest BCUT2D eigenvalue weighted by molar-refractivity contribution is 0.0985. The van der Waals surface area contributed by atoms with Gasteiger partial charge in [-0.3, -0.25) is 4.79 Å². The number of hydrogen-bond donors (Lipinski definition) is 0. The van der Waals surface area contributed by atoms with Crippen LogP contribution in [0.3, 0.4) is 0 Å². The molecule has 0 atom stereocenters. The Bertz CT molecular complexity index is 625. The zero-order chi connectivity index (χ0) is 13.2. The van der Waals surface area contributed by atoms with Gasteiger partial charge in [-0.25, -0.2) is 4.98 Å². The summed E-state index contributed by atoms with van der Waals surface area (Å²) in [5.41, 5.74) is 2.69. The van der Waals surface area contributed by atoms with Gasteiger partial charge in [0.1, 0.15) is 5.56 Å². The summed E-state index contributed by atoms with van der Waals surface area (Å²) in [6.07, 6.45) is 2.51. The molecule has 1 aliphatic rings. The van der Waals surface area contributed by atoms with Crippen LogP contribution in [0.5, 0.6) is 5.88 Å². The second kappa shape index (κ2) is 4.72. The Hall–Kier alpha value is -2.36. The maximum atomic E-state index is 12.6. The molecule has 0 N–H and O–H groups in total. The zero-order valence-electron chi connectivity index (χ0n) is 10.7. The number of benzene rings is 1. The van der Waals surface area contributed by atoms with Crippen molar-refractivity contribution in [3.63, 3.8) is 0 Å². The minimum Gasteiger partial charge on any atom is -0.480 e. The minimum absolute atomic E-state index is 0.0603. The van der Waals surface area contributed by atoms with Crippen LogP contribution in [0.25, 0.3) is 0 Å². The number of anilines is 1. The maximum Gasteiger partial charge on any atom is 0.263 e. The van der Waals surface area contributed by atoms with E-state index in [4.69, 9.17) is 4.74 Å². The number of aromatic nitrogens is 1. The first-order valence-corrected chi connectivity index (χ1v) is 6.20. The minimum atomic E-state index is -0.0603. The first kappa shape index (κ1) is 11.7. The van der Waals surface area contributed by atoms with E-state index in [1.165, 1.54) is 12.7 Å². The summed E-state index contributed by atoms with van der Waals surface area (Å²) in [4.78, 5) is 18.5. The molecule has 2 aromatic rings. The highest BCUT2D eigenvalue weighted by Crippen LogP contribution is 2.30. The number of methoxy groups -OCH3 is 1. The van der Waals surface area contributed by atoms with E-state index in [0.717, 1.165) is 12.1 Å². The van der Waals surface area contributed by atoms with E-state index in [0.29, 0.717) is 18.0 Å². The Labute approximate surface area is 111 Å². The summed E-state index contributed by atoms with van der Waals surface area (Å²) in [5, 5.41) is 0. The number of amides is 1. The van der Waals surface area contributed by atoms with Crippen molar-refractivity contribution >= 4 is 11.6 Å². The number of ether oxygens (including phenoxy) is 1. The van der Waals surface area contributed by atoms with Crippen molar-refractivity contribution in [1.29, 1.82) is 0 Å². The standard InChI is InChI=1S/C15H14N2O2/c1-19-14-12(6-4-9-16-14)15(18)17-10-8-11-5-2-3-7-13(11)17/h2-7,9H,8,10H2,1H3. The van der Waals surface area contributed by atoms with E-state index in [2.05, 4.69) is 11.1 Å². The average molecular weight is 254 g/mol. The molecule has 4 nitrogen and oxygen atoms in total. The summed E-state index contributed by atoms with van der Waals surface area (Å²) in [6, 6.07) is 11.5. The third-order valence-electron chi connectivity index (χ3n) is 3.33. The van der Waals surface area contributed by atoms with Crippen LogP contribution in [0.2, 0.25) is 0 Å². The molecule has 1 amide bonds. The Morgan fingerprint density at radius 2 is 2.11 bits per heavy atom. The van der Waals surface area contributed by atoms with E-state index < -0.39 is 0 Å². The van der Waals surface area contributed by atoms with Gasteiger partial charge in [0.2, 0.25) is 5.88 Å². The maximum absolute atomic E-state index is 12.6. The van der Waals surface area contributed by atoms with Gasteiger partial charge in [0, 0.05) is 18.4 Å². The lowest BCUT2D eigenvalue weighted by Gasteiger charge is -2.18. The van der Waals surface area contributed by atoms with Crippen molar-refractivity contribution in [3.05, 3.63) is 53.7 Å². The molecule has 4 heteroatoms. The van der Waals surface area contributed by atoms with Crippen LogP contribution < -0.4 is 9.64 Å². The van der Waals surface area contributed by atoms with Crippen molar-refractivity contribution in [2.24, 2.45) is 0 Å². The summed E-state index contributed by atoms with van der Waals surface area (Å²) >= 11 is 0. The number of rotatable bonds is 2. The third-order valence-corrected chi connectivity index (χ3v) is 3.33. The number of fused-ring (bicyclic) bond motifs is 1. The molecule has 96 valence electrons. The number of hydrogen-bond acceptors (Lipinski definition) is 3. The van der Waals surface area contributed by atoms with Gasteiger partial charge in [-0.1, -0.05) is 18.2 Å². The Kier molecular flexibility index (Phi) is 2.91. The lowest BCUT2D eigenvalue weighted by atomic mass is 10.2. The van der Waals surface area contributed by atoms with Gasteiger partial charge in [0.15, 0.2) is 0 Å². The molecule has 1 aromatic heterocycles. The van der Waals surface area contributed by atoms with Gasteiger partial charge < -0.3 is 9.64 Å². The van der Waals surface area contributed by atoms with E-state index in [1.807, 2.05) is 18.2 Å². The van der Waals surface area contributed by atoms with Crippen molar-refractivity contribution < 1.29 is 9.53 Å². The highest BCUT2D eigenvalue weighted by Gasteiger charge is 2.27. The molecule has 0 unspecified atom stereocenters. The number of carbonyl (C=O) groups is 1. The van der Waals surface area contributed by atoms with Crippen LogP contribution in [0.4, 0.5) is 5.69 Å². The quantitative estimate of drug-likeness (QED) is 0.825. The fourth-order valence-electron chi connectivity index (χ4n) is 2.41. The summed E-state index contributed by atoms with van der Waals surface area (Å²) in [6.45, 7) is 0.705. The van der Waals surface area contributed by atoms with E-state index in [1.54, 1.807) is 23.2 Å². The number of para-hydroxylation sites is 1. The van der Waals surface area contributed by atoms with Crippen LogP contribution in [0.1, 0.15) is 15.9 Å². The molecule has 1 aliphatic heterocycles. The van der Waals surface area contributed by atoms with Crippen LogP contribution >= 0.6 is 0 Å². The summed E-state index contributed by atoms with van der Waals surface area (Å²) in [7, 11) is 1.52. The third kappa shape index (κ3) is 1.95. The molecule has 3 rings (SSSR count). The van der Waals surface area contributed by atoms with Crippen LogP contribution in [-0.4, -0.2) is 24.5 Å². The molecule has 2 heterocycles. The number of pyridine rings is 1. The highest BCUT2D eigenvalue weighted by atomic mass is 16.5. The fraction of sp³-hybridized carbons (Fsp3) is 0.200. The average Bonchev–Trinajstić information content (AvgIpc) is 2.90. The first-order chi connectivity index (χ1) is 9.31. The second-order valence-electron chi connectivity index (χ2n) is 4.40. The van der Waals surface area contributed by atoms with E-state index in [-0.39, 0.29) is 5.91 Å². The molecular weight excluding hydrogens is 240 g/mol. The largest absolute Gasteiger partial charge is 0.480 e. The molecule has 0 radical (unpaired) electrons. The highest BCUT2D eigenvalue weighted by molar-refractivity contribution is 6.08. The second-order valence-corrected chi connectivity index (χ2v) is 4.40. The molecule has 0 saturated heterocycles. The Balaban J connectivity index is 1.98. The molecule has 0 saturated carbocycles. The Morgan fingerprint density at radius 3 is 2.95 bits per heavy atom. The lowest BCUT2D eigenvalue weighted by Crippen LogP contribution is -2.29. The zero-order valence-corrected chi connectivity index (χ0v) is 10.7. The molecule has 0 bridgehead atoms. The molecule has 0 spiro atoms. The van der Waals surface area contributed by atoms with Crippen molar-refractivity contribution in [2.75, 3.05) is 18.6 Å². The normalized spacial score (nSPS) is 13.2. The van der Waals surface area contributed by atoms with Gasteiger partial charge in [-0.2, -0.15) is 0 Å². The molecule has 1 aromatic carbocycles. The molecular formula is C15H14N2O2. The fourth-order valence-corrected chi connectivity index (χ4v) is 2.41. The monoisotopic (exact) mass is 254 g/mol. The predicted octanol–water partition coefficient (Wildman–Crippen LogP) is 2.29. The summed E-state index contributed by atoms with van der Waals surface area (Å²) in [5.74, 6) is 0.312. The molecule has 0 aliphatic carbocycles. The topological polar surface area (TPSA) is 42.4 Å².